The fraction of sp³-hybridized carbons (Fsp3) is 0.316. The average molecular weight is 313 g/mol. The van der Waals surface area contributed by atoms with Gasteiger partial charge in [0.15, 0.2) is 0 Å². The number of carbonyl (C=O) groups excluding carboxylic acids is 1. The monoisotopic (exact) mass is 313 g/mol. The van der Waals surface area contributed by atoms with E-state index in [1.54, 1.807) is 11.8 Å². The largest absolute Gasteiger partial charge is 0.312 e. The van der Waals surface area contributed by atoms with E-state index in [4.69, 9.17) is 0 Å². The van der Waals surface area contributed by atoms with Crippen LogP contribution in [-0.4, -0.2) is 17.7 Å². The van der Waals surface area contributed by atoms with Crippen molar-refractivity contribution in [1.82, 2.24) is 0 Å². The molecule has 22 heavy (non-hydrogen) atoms. The number of rotatable bonds is 5. The molecule has 1 atom stereocenters. The molecule has 0 spiro atoms. The molecule has 0 bridgehead atoms. The van der Waals surface area contributed by atoms with Gasteiger partial charge in [0.1, 0.15) is 0 Å². The summed E-state index contributed by atoms with van der Waals surface area (Å²) in [5, 5.41) is -0.108. The molecule has 0 aliphatic carbocycles. The van der Waals surface area contributed by atoms with Crippen LogP contribution in [0.25, 0.3) is 0 Å². The first-order valence-corrected chi connectivity index (χ1v) is 8.50. The van der Waals surface area contributed by atoms with Gasteiger partial charge in [0.05, 0.1) is 5.25 Å². The number of hydrogen-bond donors (Lipinski definition) is 0. The van der Waals surface area contributed by atoms with Gasteiger partial charge in [-0.15, -0.1) is 11.8 Å². The maximum absolute atomic E-state index is 12.8. The van der Waals surface area contributed by atoms with Crippen molar-refractivity contribution < 1.29 is 4.79 Å². The molecular weight excluding hydrogens is 290 g/mol. The highest BCUT2D eigenvalue weighted by Gasteiger charge is 2.21. The van der Waals surface area contributed by atoms with E-state index in [1.165, 1.54) is 11.1 Å². The van der Waals surface area contributed by atoms with E-state index in [0.29, 0.717) is 6.54 Å². The van der Waals surface area contributed by atoms with Crippen molar-refractivity contribution in [2.24, 2.45) is 0 Å². The molecule has 2 aromatic carbocycles. The lowest BCUT2D eigenvalue weighted by molar-refractivity contribution is -0.117. The second-order valence-electron chi connectivity index (χ2n) is 5.49. The topological polar surface area (TPSA) is 20.3 Å². The molecule has 0 heterocycles. The molecule has 0 saturated carbocycles. The molecule has 3 heteroatoms. The Labute approximate surface area is 137 Å². The van der Waals surface area contributed by atoms with Gasteiger partial charge in [0.2, 0.25) is 5.91 Å². The first-order valence-electron chi connectivity index (χ1n) is 7.62. The molecule has 1 amide bonds. The third-order valence-corrected chi connectivity index (χ3v) is 4.68. The predicted molar refractivity (Wildman–Crippen MR) is 95.7 cm³/mol. The van der Waals surface area contributed by atoms with E-state index < -0.39 is 0 Å². The van der Waals surface area contributed by atoms with Gasteiger partial charge in [0.25, 0.3) is 0 Å². The Morgan fingerprint density at radius 3 is 2.36 bits per heavy atom. The van der Waals surface area contributed by atoms with E-state index in [9.17, 15) is 4.79 Å². The fourth-order valence-electron chi connectivity index (χ4n) is 2.35. The number of anilines is 1. The van der Waals surface area contributed by atoms with Crippen molar-refractivity contribution in [1.29, 1.82) is 0 Å². The maximum atomic E-state index is 12.8. The minimum atomic E-state index is -0.108. The van der Waals surface area contributed by atoms with Crippen LogP contribution in [0, 0.1) is 13.8 Å². The highest BCUT2D eigenvalue weighted by atomic mass is 32.2. The maximum Gasteiger partial charge on any atom is 0.240 e. The summed E-state index contributed by atoms with van der Waals surface area (Å²) in [6, 6.07) is 16.4. The van der Waals surface area contributed by atoms with Gasteiger partial charge < -0.3 is 4.90 Å². The number of nitrogens with zero attached hydrogens (tertiary/aromatic N) is 1. The van der Waals surface area contributed by atoms with Gasteiger partial charge in [-0.1, -0.05) is 29.8 Å². The molecule has 0 aromatic heterocycles. The van der Waals surface area contributed by atoms with Crippen LogP contribution in [-0.2, 0) is 4.79 Å². The Balaban J connectivity index is 2.12. The first kappa shape index (κ1) is 16.6. The normalized spacial score (nSPS) is 12.0. The molecule has 1 unspecified atom stereocenters. The molecule has 0 fully saturated rings. The fourth-order valence-corrected chi connectivity index (χ4v) is 3.28. The summed E-state index contributed by atoms with van der Waals surface area (Å²) in [6.45, 7) is 8.79. The Morgan fingerprint density at radius 1 is 1.09 bits per heavy atom. The standard InChI is InChI=1S/C19H23NOS/c1-5-20(17-8-6-7-15(3)13-17)19(21)16(4)22-18-11-9-14(2)10-12-18/h6-13,16H,5H2,1-4H3. The summed E-state index contributed by atoms with van der Waals surface area (Å²) >= 11 is 1.61. The van der Waals surface area contributed by atoms with Crippen LogP contribution in [0.15, 0.2) is 53.4 Å². The third-order valence-electron chi connectivity index (χ3n) is 3.58. The summed E-state index contributed by atoms with van der Waals surface area (Å²) in [7, 11) is 0. The van der Waals surface area contributed by atoms with Crippen molar-refractivity contribution in [2.75, 3.05) is 11.4 Å². The van der Waals surface area contributed by atoms with Gasteiger partial charge >= 0.3 is 0 Å². The quantitative estimate of drug-likeness (QED) is 0.736. The zero-order valence-corrected chi connectivity index (χ0v) is 14.5. The lowest BCUT2D eigenvalue weighted by Gasteiger charge is -2.24. The van der Waals surface area contributed by atoms with Crippen molar-refractivity contribution >= 4 is 23.4 Å². The van der Waals surface area contributed by atoms with Gasteiger partial charge in [-0.2, -0.15) is 0 Å². The molecule has 2 nitrogen and oxygen atoms in total. The lowest BCUT2D eigenvalue weighted by Crippen LogP contribution is -2.36. The van der Waals surface area contributed by atoms with Crippen LogP contribution < -0.4 is 4.90 Å². The van der Waals surface area contributed by atoms with E-state index in [1.807, 2.05) is 43.9 Å². The zero-order chi connectivity index (χ0) is 16.1. The minimum Gasteiger partial charge on any atom is -0.312 e. The second kappa shape index (κ2) is 7.50. The van der Waals surface area contributed by atoms with Crippen LogP contribution in [0.3, 0.4) is 0 Å². The number of amides is 1. The van der Waals surface area contributed by atoms with Crippen LogP contribution in [0.2, 0.25) is 0 Å². The molecule has 0 radical (unpaired) electrons. The zero-order valence-electron chi connectivity index (χ0n) is 13.7. The summed E-state index contributed by atoms with van der Waals surface area (Å²) in [6.07, 6.45) is 0. The molecule has 2 aromatic rings. The van der Waals surface area contributed by atoms with Crippen LogP contribution in [0.5, 0.6) is 0 Å². The summed E-state index contributed by atoms with van der Waals surface area (Å²) in [5.41, 5.74) is 3.38. The van der Waals surface area contributed by atoms with Crippen molar-refractivity contribution in [3.63, 3.8) is 0 Å². The van der Waals surface area contributed by atoms with Gasteiger partial charge in [-0.3, -0.25) is 4.79 Å². The number of aryl methyl sites for hydroxylation is 2. The van der Waals surface area contributed by atoms with E-state index >= 15 is 0 Å². The smallest absolute Gasteiger partial charge is 0.240 e. The molecule has 0 aliphatic heterocycles. The van der Waals surface area contributed by atoms with Gasteiger partial charge in [-0.25, -0.2) is 0 Å². The predicted octanol–water partition coefficient (Wildman–Crippen LogP) is 4.84. The number of benzene rings is 2. The second-order valence-corrected chi connectivity index (χ2v) is 6.91. The van der Waals surface area contributed by atoms with E-state index in [-0.39, 0.29) is 11.2 Å². The van der Waals surface area contributed by atoms with Gasteiger partial charge in [-0.05, 0) is 57.5 Å². The Hall–Kier alpha value is -1.74. The highest BCUT2D eigenvalue weighted by molar-refractivity contribution is 8.00. The molecular formula is C19H23NOS. The number of hydrogen-bond acceptors (Lipinski definition) is 2. The number of carbonyl (C=O) groups is 1. The van der Waals surface area contributed by atoms with E-state index in [0.717, 1.165) is 10.6 Å². The van der Waals surface area contributed by atoms with Crippen molar-refractivity contribution in [2.45, 2.75) is 37.8 Å². The molecule has 0 N–H and O–H groups in total. The molecule has 2 rings (SSSR count). The highest BCUT2D eigenvalue weighted by Crippen LogP contribution is 2.26. The third kappa shape index (κ3) is 4.14. The SMILES string of the molecule is CCN(C(=O)C(C)Sc1ccc(C)cc1)c1cccc(C)c1. The Kier molecular flexibility index (Phi) is 5.67. The Bertz CT molecular complexity index is 636. The first-order chi connectivity index (χ1) is 10.5. The Morgan fingerprint density at radius 2 is 1.77 bits per heavy atom. The molecule has 0 saturated heterocycles. The lowest BCUT2D eigenvalue weighted by atomic mass is 10.2. The van der Waals surface area contributed by atoms with Crippen molar-refractivity contribution in [3.05, 3.63) is 59.7 Å². The summed E-state index contributed by atoms with van der Waals surface area (Å²) in [5.74, 6) is 0.152. The van der Waals surface area contributed by atoms with E-state index in [2.05, 4.69) is 37.3 Å². The van der Waals surface area contributed by atoms with Crippen LogP contribution >= 0.6 is 11.8 Å². The van der Waals surface area contributed by atoms with Crippen molar-refractivity contribution in [3.8, 4) is 0 Å². The number of thioether (sulfide) groups is 1. The summed E-state index contributed by atoms with van der Waals surface area (Å²) < 4.78 is 0. The molecule has 116 valence electrons. The molecule has 0 aliphatic rings. The van der Waals surface area contributed by atoms with Crippen LogP contribution in [0.4, 0.5) is 5.69 Å². The van der Waals surface area contributed by atoms with Crippen LogP contribution in [0.1, 0.15) is 25.0 Å². The summed E-state index contributed by atoms with van der Waals surface area (Å²) in [4.78, 5) is 15.8. The van der Waals surface area contributed by atoms with Gasteiger partial charge in [0, 0.05) is 17.1 Å². The minimum absolute atomic E-state index is 0.108. The average Bonchev–Trinajstić information content (AvgIpc) is 2.50.